The maximum absolute atomic E-state index is 12.6. The molecule has 6 nitrogen and oxygen atoms in total. The molecule has 0 bridgehead atoms. The number of likely N-dealkylation sites (N-methyl/N-ethyl adjacent to an activating group) is 1. The van der Waals surface area contributed by atoms with E-state index in [2.05, 4.69) is 22.0 Å². The monoisotopic (exact) mass is 469 g/mol. The molecular formula is C21H25Cl2N3O3S. The second-order valence-corrected chi connectivity index (χ2v) is 9.93. The van der Waals surface area contributed by atoms with Gasteiger partial charge in [-0.15, -0.1) is 0 Å². The van der Waals surface area contributed by atoms with Gasteiger partial charge in [-0.3, -0.25) is 9.52 Å². The van der Waals surface area contributed by atoms with Crippen LogP contribution in [0, 0.1) is 0 Å². The van der Waals surface area contributed by atoms with E-state index in [4.69, 9.17) is 23.2 Å². The maximum Gasteiger partial charge on any atom is 0.261 e. The summed E-state index contributed by atoms with van der Waals surface area (Å²) in [6.45, 7) is 1.31. The van der Waals surface area contributed by atoms with Crippen LogP contribution in [0.25, 0.3) is 0 Å². The highest BCUT2D eigenvalue weighted by atomic mass is 35.5. The predicted octanol–water partition coefficient (Wildman–Crippen LogP) is 4.40. The molecule has 0 saturated heterocycles. The Morgan fingerprint density at radius 2 is 1.83 bits per heavy atom. The standard InChI is InChI=1S/C21H25Cl2N3O3S/c1-26(17-7-2-3-8-17)12-11-24-21(27)15-5-4-6-16(13-15)25-30(28,29)18-9-10-19(22)20(23)14-18/h4-6,9-10,13-14,17,25H,2-3,7-8,11-12H2,1H3,(H,24,27). The molecule has 0 heterocycles. The average molecular weight is 470 g/mol. The lowest BCUT2D eigenvalue weighted by molar-refractivity contribution is 0.0947. The zero-order valence-electron chi connectivity index (χ0n) is 16.7. The number of carbonyl (C=O) groups is 1. The van der Waals surface area contributed by atoms with E-state index in [-0.39, 0.29) is 26.5 Å². The first-order chi connectivity index (χ1) is 14.3. The summed E-state index contributed by atoms with van der Waals surface area (Å²) in [4.78, 5) is 14.8. The van der Waals surface area contributed by atoms with Crippen molar-refractivity contribution in [3.63, 3.8) is 0 Å². The number of hydrogen-bond donors (Lipinski definition) is 2. The molecule has 2 N–H and O–H groups in total. The van der Waals surface area contributed by atoms with Gasteiger partial charge in [-0.25, -0.2) is 8.42 Å². The lowest BCUT2D eigenvalue weighted by Crippen LogP contribution is -2.37. The number of amides is 1. The lowest BCUT2D eigenvalue weighted by atomic mass is 10.2. The van der Waals surface area contributed by atoms with Crippen LogP contribution >= 0.6 is 23.2 Å². The minimum Gasteiger partial charge on any atom is -0.351 e. The Kier molecular flexibility index (Phi) is 7.63. The van der Waals surface area contributed by atoms with Crippen LogP contribution in [-0.2, 0) is 10.0 Å². The van der Waals surface area contributed by atoms with E-state index >= 15 is 0 Å². The second kappa shape index (κ2) is 10.0. The van der Waals surface area contributed by atoms with Crippen LogP contribution in [0.5, 0.6) is 0 Å². The van der Waals surface area contributed by atoms with Gasteiger partial charge in [0, 0.05) is 30.4 Å². The molecule has 162 valence electrons. The molecular weight excluding hydrogens is 445 g/mol. The van der Waals surface area contributed by atoms with Crippen LogP contribution in [0.1, 0.15) is 36.0 Å². The number of halogens is 2. The van der Waals surface area contributed by atoms with Crippen LogP contribution in [0.4, 0.5) is 5.69 Å². The highest BCUT2D eigenvalue weighted by Crippen LogP contribution is 2.26. The molecule has 0 aromatic heterocycles. The Bertz CT molecular complexity index is 1010. The van der Waals surface area contributed by atoms with E-state index in [1.165, 1.54) is 49.9 Å². The molecule has 1 fully saturated rings. The Labute approximate surface area is 187 Å². The number of sulfonamides is 1. The molecule has 0 spiro atoms. The zero-order chi connectivity index (χ0) is 21.7. The molecule has 2 aromatic carbocycles. The molecule has 2 aromatic rings. The first-order valence-corrected chi connectivity index (χ1v) is 12.1. The van der Waals surface area contributed by atoms with Gasteiger partial charge in [0.15, 0.2) is 0 Å². The van der Waals surface area contributed by atoms with Crippen LogP contribution in [0.15, 0.2) is 47.4 Å². The SMILES string of the molecule is CN(CCNC(=O)c1cccc(NS(=O)(=O)c2ccc(Cl)c(Cl)c2)c1)C1CCCC1. The summed E-state index contributed by atoms with van der Waals surface area (Å²) in [5.74, 6) is -0.245. The van der Waals surface area contributed by atoms with Crippen LogP contribution in [0.2, 0.25) is 10.0 Å². The van der Waals surface area contributed by atoms with Crippen molar-refractivity contribution in [2.24, 2.45) is 0 Å². The third kappa shape index (κ3) is 5.88. The predicted molar refractivity (Wildman–Crippen MR) is 121 cm³/mol. The highest BCUT2D eigenvalue weighted by molar-refractivity contribution is 7.92. The molecule has 30 heavy (non-hydrogen) atoms. The van der Waals surface area contributed by atoms with Crippen molar-refractivity contribution in [2.45, 2.75) is 36.6 Å². The quantitative estimate of drug-likeness (QED) is 0.600. The molecule has 1 aliphatic rings. The number of anilines is 1. The van der Waals surface area contributed by atoms with Crippen LogP contribution in [-0.4, -0.2) is 45.4 Å². The van der Waals surface area contributed by atoms with Gasteiger partial charge in [-0.2, -0.15) is 0 Å². The van der Waals surface area contributed by atoms with Gasteiger partial charge in [-0.05, 0) is 56.3 Å². The van der Waals surface area contributed by atoms with Crippen molar-refractivity contribution in [3.05, 3.63) is 58.1 Å². The van der Waals surface area contributed by atoms with Gasteiger partial charge < -0.3 is 10.2 Å². The van der Waals surface area contributed by atoms with Crippen molar-refractivity contribution in [3.8, 4) is 0 Å². The number of carbonyl (C=O) groups excluding carboxylic acids is 1. The summed E-state index contributed by atoms with van der Waals surface area (Å²) in [5.41, 5.74) is 0.671. The number of hydrogen-bond acceptors (Lipinski definition) is 4. The number of nitrogens with one attached hydrogen (secondary N) is 2. The van der Waals surface area contributed by atoms with E-state index in [9.17, 15) is 13.2 Å². The fourth-order valence-corrected chi connectivity index (χ4v) is 5.00. The third-order valence-corrected chi connectivity index (χ3v) is 7.39. The van der Waals surface area contributed by atoms with Gasteiger partial charge in [0.05, 0.1) is 14.9 Å². The zero-order valence-corrected chi connectivity index (χ0v) is 19.0. The van der Waals surface area contributed by atoms with E-state index < -0.39 is 10.0 Å². The molecule has 0 radical (unpaired) electrons. The average Bonchev–Trinajstić information content (AvgIpc) is 3.24. The molecule has 1 aliphatic carbocycles. The Morgan fingerprint density at radius 1 is 1.10 bits per heavy atom. The fourth-order valence-electron chi connectivity index (χ4n) is 3.56. The maximum atomic E-state index is 12.6. The minimum atomic E-state index is -3.86. The summed E-state index contributed by atoms with van der Waals surface area (Å²) >= 11 is 11.8. The van der Waals surface area contributed by atoms with Gasteiger partial charge in [0.2, 0.25) is 0 Å². The summed E-state index contributed by atoms with van der Waals surface area (Å²) in [5, 5.41) is 3.32. The first kappa shape index (κ1) is 22.9. The van der Waals surface area contributed by atoms with Crippen molar-refractivity contribution >= 4 is 44.8 Å². The van der Waals surface area contributed by atoms with Crippen LogP contribution in [0.3, 0.4) is 0 Å². The molecule has 1 saturated carbocycles. The number of rotatable bonds is 8. The minimum absolute atomic E-state index is 0.0123. The summed E-state index contributed by atoms with van der Waals surface area (Å²) < 4.78 is 27.7. The molecule has 0 aliphatic heterocycles. The second-order valence-electron chi connectivity index (χ2n) is 7.44. The van der Waals surface area contributed by atoms with Crippen molar-refractivity contribution in [1.82, 2.24) is 10.2 Å². The largest absolute Gasteiger partial charge is 0.351 e. The van der Waals surface area contributed by atoms with Gasteiger partial charge >= 0.3 is 0 Å². The highest BCUT2D eigenvalue weighted by Gasteiger charge is 2.19. The van der Waals surface area contributed by atoms with Gasteiger partial charge in [0.1, 0.15) is 0 Å². The summed E-state index contributed by atoms with van der Waals surface area (Å²) in [6, 6.07) is 11.0. The summed E-state index contributed by atoms with van der Waals surface area (Å²) in [7, 11) is -1.78. The Morgan fingerprint density at radius 3 is 2.53 bits per heavy atom. The molecule has 1 amide bonds. The number of nitrogens with zero attached hydrogens (tertiary/aromatic N) is 1. The van der Waals surface area contributed by atoms with E-state index in [0.29, 0.717) is 18.2 Å². The molecule has 0 unspecified atom stereocenters. The Hall–Kier alpha value is -1.80. The molecule has 0 atom stereocenters. The third-order valence-electron chi connectivity index (χ3n) is 5.28. The van der Waals surface area contributed by atoms with E-state index in [1.807, 2.05) is 0 Å². The fraction of sp³-hybridized carbons (Fsp3) is 0.381. The van der Waals surface area contributed by atoms with Crippen molar-refractivity contribution in [1.29, 1.82) is 0 Å². The first-order valence-electron chi connectivity index (χ1n) is 9.82. The van der Waals surface area contributed by atoms with Crippen molar-refractivity contribution in [2.75, 3.05) is 24.9 Å². The topological polar surface area (TPSA) is 78.5 Å². The van der Waals surface area contributed by atoms with Crippen LogP contribution < -0.4 is 10.0 Å². The van der Waals surface area contributed by atoms with E-state index in [0.717, 1.165) is 6.54 Å². The normalized spacial score (nSPS) is 14.8. The van der Waals surface area contributed by atoms with Gasteiger partial charge in [-0.1, -0.05) is 42.1 Å². The number of benzene rings is 2. The molecule has 9 heteroatoms. The van der Waals surface area contributed by atoms with Crippen molar-refractivity contribution < 1.29 is 13.2 Å². The lowest BCUT2D eigenvalue weighted by Gasteiger charge is -2.23. The summed E-state index contributed by atoms with van der Waals surface area (Å²) in [6.07, 6.45) is 4.97. The smallest absolute Gasteiger partial charge is 0.261 e. The Balaban J connectivity index is 1.60. The van der Waals surface area contributed by atoms with E-state index in [1.54, 1.807) is 18.2 Å². The molecule has 3 rings (SSSR count). The van der Waals surface area contributed by atoms with Gasteiger partial charge in [0.25, 0.3) is 15.9 Å².